The Kier molecular flexibility index (Phi) is 8.43. The second kappa shape index (κ2) is 11.5. The third-order valence-corrected chi connectivity index (χ3v) is 10.2. The average molecular weight is 583 g/mol. The fourth-order valence-corrected chi connectivity index (χ4v) is 7.69. The van der Waals surface area contributed by atoms with E-state index < -0.39 is 23.6 Å². The molecule has 2 aliphatic carbocycles. The molecule has 0 radical (unpaired) electrons. The zero-order valence-electron chi connectivity index (χ0n) is 22.9. The third kappa shape index (κ3) is 6.14. The van der Waals surface area contributed by atoms with Gasteiger partial charge >= 0.3 is 12.2 Å². The average Bonchev–Trinajstić information content (AvgIpc) is 3.25. The Bertz CT molecular complexity index is 1210. The maximum atomic E-state index is 13.8. The summed E-state index contributed by atoms with van der Waals surface area (Å²) in [6.45, 7) is 8.43. The normalized spacial score (nSPS) is 28.4. The van der Waals surface area contributed by atoms with Crippen LogP contribution in [-0.2, 0) is 18.1 Å². The molecular weight excluding hydrogens is 544 g/mol. The molecule has 3 aliphatic rings. The number of amides is 2. The number of nitrogens with one attached hydrogen (secondary N) is 2. The van der Waals surface area contributed by atoms with Crippen LogP contribution in [0.4, 0.5) is 28.0 Å². The number of benzene rings is 1. The summed E-state index contributed by atoms with van der Waals surface area (Å²) in [4.78, 5) is 23.3. The van der Waals surface area contributed by atoms with Gasteiger partial charge in [0.05, 0.1) is 5.56 Å². The third-order valence-electron chi connectivity index (χ3n) is 8.91. The number of carbonyl (C=O) groups is 1. The molecule has 5 atom stereocenters. The van der Waals surface area contributed by atoms with Crippen LogP contribution in [0.2, 0.25) is 0 Å². The lowest BCUT2D eigenvalue weighted by Crippen LogP contribution is -2.54. The lowest BCUT2D eigenvalue weighted by Gasteiger charge is -2.38. The van der Waals surface area contributed by atoms with Crippen molar-refractivity contribution < 1.29 is 22.4 Å². The fourth-order valence-electron chi connectivity index (χ4n) is 6.60. The second-order valence-electron chi connectivity index (χ2n) is 11.7. The lowest BCUT2D eigenvalue weighted by molar-refractivity contribution is -0.139. The topological polar surface area (TPSA) is 86.5 Å². The molecule has 40 heavy (non-hydrogen) atoms. The summed E-state index contributed by atoms with van der Waals surface area (Å²) in [6, 6.07) is 2.90. The van der Waals surface area contributed by atoms with Crippen molar-refractivity contribution in [1.82, 2.24) is 20.1 Å². The standard InChI is InChI=1S/C28H38F4N6OS/c1-17-15-37(18(2)13-34-17)8-3-9-38(26(39)36-20-4-5-23(29)21(10-20)28(30,31)32)16-19-6-7-27(11-22(19)27)24-14-35-25(12-33)40-24/h4-5,10,14,17-19,22,34H,3,6-9,11-13,15-16,33H2,1-2H3,(H,36,39)/t17-,18+,19?,22?,27+/m1/s1. The van der Waals surface area contributed by atoms with Gasteiger partial charge in [-0.05, 0) is 69.6 Å². The number of nitrogens with zero attached hydrogens (tertiary/aromatic N) is 3. The summed E-state index contributed by atoms with van der Waals surface area (Å²) >= 11 is 1.67. The van der Waals surface area contributed by atoms with E-state index in [1.165, 1.54) is 10.9 Å². The molecule has 2 unspecified atom stereocenters. The van der Waals surface area contributed by atoms with Gasteiger partial charge in [-0.3, -0.25) is 4.90 Å². The van der Waals surface area contributed by atoms with E-state index in [0.29, 0.717) is 49.6 Å². The smallest absolute Gasteiger partial charge is 0.325 e. The molecule has 12 heteroatoms. The fraction of sp³-hybridized carbons (Fsp3) is 0.643. The number of rotatable bonds is 9. The van der Waals surface area contributed by atoms with Crippen molar-refractivity contribution in [3.63, 3.8) is 0 Å². The van der Waals surface area contributed by atoms with Crippen LogP contribution in [0.1, 0.15) is 55.0 Å². The monoisotopic (exact) mass is 582 g/mol. The number of hydrogen-bond donors (Lipinski definition) is 3. The summed E-state index contributed by atoms with van der Waals surface area (Å²) in [7, 11) is 0. The molecule has 2 aromatic rings. The van der Waals surface area contributed by atoms with Gasteiger partial charge in [-0.25, -0.2) is 14.2 Å². The number of aromatic nitrogens is 1. The highest BCUT2D eigenvalue weighted by Gasteiger charge is 2.63. The Morgan fingerprint density at radius 2 is 2.15 bits per heavy atom. The number of anilines is 1. The first-order valence-electron chi connectivity index (χ1n) is 14.1. The van der Waals surface area contributed by atoms with Crippen LogP contribution >= 0.6 is 11.3 Å². The molecule has 0 bridgehead atoms. The van der Waals surface area contributed by atoms with Crippen LogP contribution in [0.3, 0.4) is 0 Å². The Morgan fingerprint density at radius 1 is 1.35 bits per heavy atom. The van der Waals surface area contributed by atoms with Gasteiger partial charge in [0.25, 0.3) is 0 Å². The number of piperazine rings is 1. The molecule has 1 aromatic heterocycles. The number of hydrogen-bond acceptors (Lipinski definition) is 6. The van der Waals surface area contributed by atoms with Crippen LogP contribution in [0, 0.1) is 17.7 Å². The van der Waals surface area contributed by atoms with Gasteiger partial charge < -0.3 is 21.3 Å². The van der Waals surface area contributed by atoms with E-state index in [2.05, 4.69) is 34.4 Å². The number of alkyl halides is 3. The molecule has 1 saturated heterocycles. The van der Waals surface area contributed by atoms with Crippen LogP contribution in [0.5, 0.6) is 0 Å². The number of nitrogens with two attached hydrogens (primary N) is 1. The number of urea groups is 1. The van der Waals surface area contributed by atoms with Gasteiger partial charge in [0, 0.05) is 73.5 Å². The minimum atomic E-state index is -4.85. The van der Waals surface area contributed by atoms with Crippen molar-refractivity contribution in [1.29, 1.82) is 0 Å². The Morgan fingerprint density at radius 3 is 2.85 bits per heavy atom. The summed E-state index contributed by atoms with van der Waals surface area (Å²) in [5.41, 5.74) is 4.43. The predicted octanol–water partition coefficient (Wildman–Crippen LogP) is 5.03. The zero-order chi connectivity index (χ0) is 28.7. The van der Waals surface area contributed by atoms with E-state index in [0.717, 1.165) is 56.4 Å². The van der Waals surface area contributed by atoms with E-state index >= 15 is 0 Å². The van der Waals surface area contributed by atoms with Crippen molar-refractivity contribution in [2.75, 3.05) is 38.0 Å². The molecule has 1 aliphatic heterocycles. The molecule has 220 valence electrons. The van der Waals surface area contributed by atoms with Gasteiger partial charge in [-0.2, -0.15) is 13.2 Å². The summed E-state index contributed by atoms with van der Waals surface area (Å²) in [6.07, 6.45) is 0.920. The largest absolute Gasteiger partial charge is 0.419 e. The van der Waals surface area contributed by atoms with Crippen LogP contribution in [0.15, 0.2) is 24.4 Å². The first-order valence-corrected chi connectivity index (χ1v) is 14.9. The van der Waals surface area contributed by atoms with Crippen LogP contribution in [0.25, 0.3) is 0 Å². The predicted molar refractivity (Wildman–Crippen MR) is 148 cm³/mol. The maximum Gasteiger partial charge on any atom is 0.419 e. The maximum absolute atomic E-state index is 13.8. The van der Waals surface area contributed by atoms with E-state index in [-0.39, 0.29) is 11.1 Å². The Balaban J connectivity index is 1.27. The quantitative estimate of drug-likeness (QED) is 0.361. The number of halogens is 4. The highest BCUT2D eigenvalue weighted by Crippen LogP contribution is 2.67. The van der Waals surface area contributed by atoms with Crippen molar-refractivity contribution in [3.05, 3.63) is 45.7 Å². The molecule has 4 N–H and O–H groups in total. The molecule has 3 fully saturated rings. The first kappa shape index (κ1) is 29.2. The summed E-state index contributed by atoms with van der Waals surface area (Å²) in [5, 5.41) is 7.01. The van der Waals surface area contributed by atoms with E-state index in [1.807, 2.05) is 6.20 Å². The lowest BCUT2D eigenvalue weighted by atomic mass is 10.0. The number of carbonyl (C=O) groups excluding carboxylic acids is 1. The number of fused-ring (bicyclic) bond motifs is 1. The van der Waals surface area contributed by atoms with Crippen molar-refractivity contribution in [2.45, 2.75) is 69.8 Å². The minimum absolute atomic E-state index is 0.0700. The molecule has 2 saturated carbocycles. The van der Waals surface area contributed by atoms with Gasteiger partial charge in [-0.15, -0.1) is 11.3 Å². The molecule has 5 rings (SSSR count). The van der Waals surface area contributed by atoms with Gasteiger partial charge in [0.1, 0.15) is 10.8 Å². The molecule has 2 amide bonds. The van der Waals surface area contributed by atoms with Crippen LogP contribution in [-0.4, -0.2) is 65.6 Å². The Labute approximate surface area is 236 Å². The van der Waals surface area contributed by atoms with Gasteiger partial charge in [0.2, 0.25) is 0 Å². The molecule has 2 heterocycles. The van der Waals surface area contributed by atoms with E-state index in [9.17, 15) is 22.4 Å². The molecule has 7 nitrogen and oxygen atoms in total. The number of thiazole rings is 1. The molecule has 0 spiro atoms. The van der Waals surface area contributed by atoms with Crippen molar-refractivity contribution >= 4 is 23.1 Å². The summed E-state index contributed by atoms with van der Waals surface area (Å²) < 4.78 is 53.6. The highest BCUT2D eigenvalue weighted by atomic mass is 32.1. The minimum Gasteiger partial charge on any atom is -0.325 e. The first-order chi connectivity index (χ1) is 19.0. The van der Waals surface area contributed by atoms with Gasteiger partial charge in [-0.1, -0.05) is 0 Å². The zero-order valence-corrected chi connectivity index (χ0v) is 23.8. The highest BCUT2D eigenvalue weighted by molar-refractivity contribution is 7.11. The van der Waals surface area contributed by atoms with E-state index in [1.54, 1.807) is 16.2 Å². The van der Waals surface area contributed by atoms with E-state index in [4.69, 9.17) is 5.73 Å². The van der Waals surface area contributed by atoms with Crippen molar-refractivity contribution in [2.24, 2.45) is 17.6 Å². The molecule has 1 aromatic carbocycles. The Hall–Kier alpha value is -2.28. The van der Waals surface area contributed by atoms with Gasteiger partial charge in [0.15, 0.2) is 0 Å². The summed E-state index contributed by atoms with van der Waals surface area (Å²) in [5.74, 6) is -0.615. The van der Waals surface area contributed by atoms with Crippen LogP contribution < -0.4 is 16.4 Å². The SMILES string of the molecule is C[C@@H]1CN(CCCN(CC2CC[C@]3(c4cnc(CN)s4)CC23)C(=O)Nc2ccc(F)c(C(F)(F)F)c2)[C@@H](C)CN1. The molecular formula is C28H38F4N6OS. The second-order valence-corrected chi connectivity index (χ2v) is 12.8. The van der Waals surface area contributed by atoms with Crippen molar-refractivity contribution in [3.8, 4) is 0 Å².